The second-order valence-corrected chi connectivity index (χ2v) is 5.45. The number of rotatable bonds is 4. The van der Waals surface area contributed by atoms with E-state index >= 15 is 0 Å². The molecule has 6 nitrogen and oxygen atoms in total. The van der Waals surface area contributed by atoms with Gasteiger partial charge in [0.2, 0.25) is 0 Å². The molecule has 2 rings (SSSR count). The summed E-state index contributed by atoms with van der Waals surface area (Å²) in [4.78, 5) is 22.0. The molecule has 0 heterocycles. The van der Waals surface area contributed by atoms with Gasteiger partial charge in [0.05, 0.1) is 10.5 Å². The van der Waals surface area contributed by atoms with Crippen LogP contribution < -0.4 is 0 Å². The number of esters is 1. The van der Waals surface area contributed by atoms with Crippen molar-refractivity contribution in [1.82, 2.24) is 0 Å². The fraction of sp³-hybridized carbons (Fsp3) is 0.0667. The SMILES string of the molecule is N=C(Cc1cc(Cl)cc(Cl)c1)OC(=O)c1cccc([N+](=O)[O-])c1. The molecule has 0 amide bonds. The zero-order valence-corrected chi connectivity index (χ0v) is 13.1. The Morgan fingerprint density at radius 1 is 1.17 bits per heavy atom. The maximum absolute atomic E-state index is 11.9. The minimum Gasteiger partial charge on any atom is -0.408 e. The lowest BCUT2D eigenvalue weighted by Crippen LogP contribution is -2.14. The number of nitro groups is 1. The van der Waals surface area contributed by atoms with E-state index in [1.807, 2.05) is 0 Å². The van der Waals surface area contributed by atoms with E-state index in [-0.39, 0.29) is 23.6 Å². The van der Waals surface area contributed by atoms with Crippen molar-refractivity contribution >= 4 is 40.8 Å². The highest BCUT2D eigenvalue weighted by atomic mass is 35.5. The van der Waals surface area contributed by atoms with Crippen LogP contribution in [-0.2, 0) is 11.2 Å². The Kier molecular flexibility index (Phi) is 5.31. The van der Waals surface area contributed by atoms with Gasteiger partial charge in [-0.25, -0.2) is 4.79 Å². The number of nitrogens with zero attached hydrogens (tertiary/aromatic N) is 1. The Morgan fingerprint density at radius 3 is 2.43 bits per heavy atom. The van der Waals surface area contributed by atoms with Crippen LogP contribution >= 0.6 is 23.2 Å². The van der Waals surface area contributed by atoms with Gasteiger partial charge in [0.1, 0.15) is 0 Å². The number of hydrogen-bond acceptors (Lipinski definition) is 5. The first-order chi connectivity index (χ1) is 10.8. The molecule has 1 N–H and O–H groups in total. The molecule has 0 aliphatic heterocycles. The zero-order valence-electron chi connectivity index (χ0n) is 11.6. The van der Waals surface area contributed by atoms with Crippen molar-refractivity contribution in [3.05, 3.63) is 73.8 Å². The van der Waals surface area contributed by atoms with Gasteiger partial charge in [-0.05, 0) is 29.8 Å². The summed E-state index contributed by atoms with van der Waals surface area (Å²) in [6.07, 6.45) is 0.0148. The molecular weight excluding hydrogens is 343 g/mol. The summed E-state index contributed by atoms with van der Waals surface area (Å²) >= 11 is 11.7. The van der Waals surface area contributed by atoms with Crippen LogP contribution in [0.4, 0.5) is 5.69 Å². The van der Waals surface area contributed by atoms with Gasteiger partial charge in [-0.3, -0.25) is 15.5 Å². The smallest absolute Gasteiger partial charge is 0.344 e. The number of nitrogens with one attached hydrogen (secondary N) is 1. The molecule has 23 heavy (non-hydrogen) atoms. The Labute approximate surface area is 141 Å². The van der Waals surface area contributed by atoms with Gasteiger partial charge in [-0.2, -0.15) is 0 Å². The van der Waals surface area contributed by atoms with E-state index in [1.54, 1.807) is 18.2 Å². The molecule has 0 saturated carbocycles. The number of halogens is 2. The monoisotopic (exact) mass is 352 g/mol. The first kappa shape index (κ1) is 16.9. The van der Waals surface area contributed by atoms with Gasteiger partial charge in [0, 0.05) is 28.6 Å². The van der Waals surface area contributed by atoms with Crippen molar-refractivity contribution in [1.29, 1.82) is 5.41 Å². The van der Waals surface area contributed by atoms with Crippen molar-refractivity contribution in [2.24, 2.45) is 0 Å². The molecular formula is C15H10Cl2N2O4. The van der Waals surface area contributed by atoms with E-state index < -0.39 is 10.9 Å². The number of non-ortho nitro benzene ring substituents is 1. The van der Waals surface area contributed by atoms with Crippen molar-refractivity contribution in [2.75, 3.05) is 0 Å². The fourth-order valence-corrected chi connectivity index (χ4v) is 2.42. The summed E-state index contributed by atoms with van der Waals surface area (Å²) in [5, 5.41) is 19.2. The minimum atomic E-state index is -0.841. The number of nitro benzene ring substituents is 1. The van der Waals surface area contributed by atoms with Crippen molar-refractivity contribution in [3.8, 4) is 0 Å². The third-order valence-electron chi connectivity index (χ3n) is 2.80. The summed E-state index contributed by atoms with van der Waals surface area (Å²) < 4.78 is 4.89. The number of benzene rings is 2. The predicted molar refractivity (Wildman–Crippen MR) is 86.4 cm³/mol. The van der Waals surface area contributed by atoms with Gasteiger partial charge in [-0.15, -0.1) is 0 Å². The number of ether oxygens (including phenoxy) is 1. The van der Waals surface area contributed by atoms with E-state index in [0.717, 1.165) is 6.07 Å². The fourth-order valence-electron chi connectivity index (χ4n) is 1.85. The molecule has 118 valence electrons. The van der Waals surface area contributed by atoms with Crippen LogP contribution in [0.1, 0.15) is 15.9 Å². The van der Waals surface area contributed by atoms with Crippen LogP contribution in [0.2, 0.25) is 10.0 Å². The van der Waals surface area contributed by atoms with Crippen LogP contribution in [0, 0.1) is 15.5 Å². The van der Waals surface area contributed by atoms with Gasteiger partial charge < -0.3 is 4.74 Å². The summed E-state index contributed by atoms with van der Waals surface area (Å²) in [7, 11) is 0. The molecule has 8 heteroatoms. The Bertz CT molecular complexity index is 773. The lowest BCUT2D eigenvalue weighted by Gasteiger charge is -2.07. The molecule has 2 aromatic carbocycles. The number of hydrogen-bond donors (Lipinski definition) is 1. The predicted octanol–water partition coefficient (Wildman–Crippen LogP) is 4.28. The average Bonchev–Trinajstić information content (AvgIpc) is 2.46. The summed E-state index contributed by atoms with van der Waals surface area (Å²) in [6.45, 7) is 0. The van der Waals surface area contributed by atoms with E-state index in [1.165, 1.54) is 18.2 Å². The highest BCUT2D eigenvalue weighted by Crippen LogP contribution is 2.20. The Morgan fingerprint density at radius 2 is 1.83 bits per heavy atom. The van der Waals surface area contributed by atoms with E-state index in [4.69, 9.17) is 33.3 Å². The van der Waals surface area contributed by atoms with Gasteiger partial charge in [0.25, 0.3) is 5.69 Å². The van der Waals surface area contributed by atoms with E-state index in [0.29, 0.717) is 15.6 Å². The quantitative estimate of drug-likeness (QED) is 0.292. The Hall–Kier alpha value is -2.44. The maximum atomic E-state index is 11.9. The number of carbonyl (C=O) groups excluding carboxylic acids is 1. The third-order valence-corrected chi connectivity index (χ3v) is 3.23. The standard InChI is InChI=1S/C15H10Cl2N2O4/c16-11-4-9(5-12(17)8-11)6-14(18)23-15(20)10-2-1-3-13(7-10)19(21)22/h1-5,7-8,18H,6H2. The van der Waals surface area contributed by atoms with Crippen LogP contribution in [0.25, 0.3) is 0 Å². The molecule has 2 aromatic rings. The Balaban J connectivity index is 2.06. The highest BCUT2D eigenvalue weighted by molar-refractivity contribution is 6.34. The summed E-state index contributed by atoms with van der Waals surface area (Å²) in [5.41, 5.74) is 0.375. The zero-order chi connectivity index (χ0) is 17.0. The van der Waals surface area contributed by atoms with Crippen LogP contribution in [0.3, 0.4) is 0 Å². The third kappa shape index (κ3) is 4.77. The van der Waals surface area contributed by atoms with Crippen LogP contribution in [0.15, 0.2) is 42.5 Å². The number of carbonyl (C=O) groups is 1. The first-order valence-electron chi connectivity index (χ1n) is 6.34. The molecule has 0 spiro atoms. The average molecular weight is 353 g/mol. The molecule has 0 aromatic heterocycles. The van der Waals surface area contributed by atoms with Crippen molar-refractivity contribution < 1.29 is 14.5 Å². The highest BCUT2D eigenvalue weighted by Gasteiger charge is 2.15. The van der Waals surface area contributed by atoms with Gasteiger partial charge >= 0.3 is 5.97 Å². The lowest BCUT2D eigenvalue weighted by atomic mass is 10.1. The van der Waals surface area contributed by atoms with E-state index in [9.17, 15) is 14.9 Å². The maximum Gasteiger partial charge on any atom is 0.344 e. The molecule has 0 aliphatic rings. The van der Waals surface area contributed by atoms with Gasteiger partial charge in [0.15, 0.2) is 5.90 Å². The molecule has 0 radical (unpaired) electrons. The largest absolute Gasteiger partial charge is 0.408 e. The molecule has 0 aliphatic carbocycles. The molecule has 0 bridgehead atoms. The lowest BCUT2D eigenvalue weighted by molar-refractivity contribution is -0.384. The first-order valence-corrected chi connectivity index (χ1v) is 7.10. The second kappa shape index (κ2) is 7.21. The molecule has 0 saturated heterocycles. The molecule has 0 fully saturated rings. The summed E-state index contributed by atoms with van der Waals surface area (Å²) in [6, 6.07) is 9.84. The van der Waals surface area contributed by atoms with Crippen molar-refractivity contribution in [2.45, 2.75) is 6.42 Å². The topological polar surface area (TPSA) is 93.3 Å². The van der Waals surface area contributed by atoms with Crippen LogP contribution in [-0.4, -0.2) is 16.8 Å². The summed E-state index contributed by atoms with van der Waals surface area (Å²) in [5.74, 6) is -1.16. The molecule has 0 unspecified atom stereocenters. The van der Waals surface area contributed by atoms with Crippen LogP contribution in [0.5, 0.6) is 0 Å². The minimum absolute atomic E-state index is 0.00641. The van der Waals surface area contributed by atoms with Gasteiger partial charge in [-0.1, -0.05) is 29.3 Å². The molecule has 0 atom stereocenters. The van der Waals surface area contributed by atoms with Crippen molar-refractivity contribution in [3.63, 3.8) is 0 Å². The normalized spacial score (nSPS) is 10.2. The van der Waals surface area contributed by atoms with E-state index in [2.05, 4.69) is 0 Å². The second-order valence-electron chi connectivity index (χ2n) is 4.57.